The quantitative estimate of drug-likeness (QED) is 0.586. The molecule has 0 bridgehead atoms. The molecule has 0 radical (unpaired) electrons. The zero-order valence-corrected chi connectivity index (χ0v) is 12.1. The maximum absolute atomic E-state index is 11.3. The molecule has 1 aromatic carbocycles. The third-order valence-corrected chi connectivity index (χ3v) is 4.40. The SMILES string of the molecule is CCS(=O)(=O)CCCOc1ccc(C=CC(=O)O)cc1. The highest BCUT2D eigenvalue weighted by molar-refractivity contribution is 7.91. The van der Waals surface area contributed by atoms with Crippen LogP contribution in [0.15, 0.2) is 30.3 Å². The lowest BCUT2D eigenvalue weighted by Crippen LogP contribution is -2.11. The highest BCUT2D eigenvalue weighted by atomic mass is 32.2. The van der Waals surface area contributed by atoms with Crippen LogP contribution in [0.1, 0.15) is 18.9 Å². The zero-order chi connectivity index (χ0) is 15.0. The van der Waals surface area contributed by atoms with Crippen LogP contribution >= 0.6 is 0 Å². The number of carboxylic acids is 1. The molecule has 0 aromatic heterocycles. The largest absolute Gasteiger partial charge is 0.494 e. The predicted octanol–water partition coefficient (Wildman–Crippen LogP) is 1.99. The number of hydrogen-bond acceptors (Lipinski definition) is 4. The Morgan fingerprint density at radius 3 is 2.50 bits per heavy atom. The van der Waals surface area contributed by atoms with E-state index in [0.29, 0.717) is 18.8 Å². The summed E-state index contributed by atoms with van der Waals surface area (Å²) in [6.45, 7) is 1.96. The molecule has 0 aliphatic rings. The molecular weight excluding hydrogens is 280 g/mol. The minimum atomic E-state index is -2.94. The molecule has 0 amide bonds. The molecule has 1 aromatic rings. The molecule has 0 saturated carbocycles. The maximum atomic E-state index is 11.3. The first kappa shape index (κ1) is 16.2. The third kappa shape index (κ3) is 6.38. The lowest BCUT2D eigenvalue weighted by atomic mass is 10.2. The zero-order valence-electron chi connectivity index (χ0n) is 11.3. The van der Waals surface area contributed by atoms with Gasteiger partial charge in [-0.2, -0.15) is 0 Å². The van der Waals surface area contributed by atoms with Gasteiger partial charge in [0.15, 0.2) is 0 Å². The van der Waals surface area contributed by atoms with Gasteiger partial charge in [0.05, 0.1) is 12.4 Å². The van der Waals surface area contributed by atoms with Crippen LogP contribution < -0.4 is 4.74 Å². The van der Waals surface area contributed by atoms with E-state index in [1.807, 2.05) is 0 Å². The van der Waals surface area contributed by atoms with E-state index >= 15 is 0 Å². The lowest BCUT2D eigenvalue weighted by Gasteiger charge is -2.06. The summed E-state index contributed by atoms with van der Waals surface area (Å²) >= 11 is 0. The van der Waals surface area contributed by atoms with Gasteiger partial charge >= 0.3 is 5.97 Å². The predicted molar refractivity (Wildman–Crippen MR) is 77.6 cm³/mol. The molecular formula is C14H18O5S. The first-order valence-corrected chi connectivity index (χ1v) is 8.09. The second-order valence-corrected chi connectivity index (χ2v) is 6.65. The monoisotopic (exact) mass is 298 g/mol. The van der Waals surface area contributed by atoms with E-state index in [2.05, 4.69) is 0 Å². The molecule has 110 valence electrons. The molecule has 1 N–H and O–H groups in total. The topological polar surface area (TPSA) is 80.7 Å². The van der Waals surface area contributed by atoms with E-state index in [0.717, 1.165) is 11.6 Å². The van der Waals surface area contributed by atoms with Crippen LogP contribution in [0.25, 0.3) is 6.08 Å². The number of aliphatic carboxylic acids is 1. The van der Waals surface area contributed by atoms with E-state index in [-0.39, 0.29) is 11.5 Å². The summed E-state index contributed by atoms with van der Waals surface area (Å²) in [6.07, 6.45) is 3.00. The van der Waals surface area contributed by atoms with Gasteiger partial charge in [-0.25, -0.2) is 13.2 Å². The van der Waals surface area contributed by atoms with Gasteiger partial charge in [0.2, 0.25) is 0 Å². The van der Waals surface area contributed by atoms with Gasteiger partial charge in [-0.3, -0.25) is 0 Å². The third-order valence-electron chi connectivity index (χ3n) is 2.61. The lowest BCUT2D eigenvalue weighted by molar-refractivity contribution is -0.131. The fourth-order valence-corrected chi connectivity index (χ4v) is 2.30. The average Bonchev–Trinajstić information content (AvgIpc) is 2.42. The molecule has 0 aliphatic carbocycles. The second kappa shape index (κ2) is 7.69. The number of carboxylic acid groups (broad SMARTS) is 1. The van der Waals surface area contributed by atoms with Crippen molar-refractivity contribution in [3.8, 4) is 5.75 Å². The van der Waals surface area contributed by atoms with E-state index in [1.165, 1.54) is 6.08 Å². The van der Waals surface area contributed by atoms with Crippen molar-refractivity contribution in [2.24, 2.45) is 0 Å². The Morgan fingerprint density at radius 1 is 1.30 bits per heavy atom. The molecule has 0 saturated heterocycles. The van der Waals surface area contributed by atoms with Crippen molar-refractivity contribution < 1.29 is 23.1 Å². The van der Waals surface area contributed by atoms with Gasteiger partial charge < -0.3 is 9.84 Å². The highest BCUT2D eigenvalue weighted by Crippen LogP contribution is 2.13. The minimum absolute atomic E-state index is 0.128. The fraction of sp³-hybridized carbons (Fsp3) is 0.357. The fourth-order valence-electron chi connectivity index (χ4n) is 1.46. The average molecular weight is 298 g/mol. The Labute approximate surface area is 118 Å². The Bertz CT molecular complexity index is 558. The summed E-state index contributed by atoms with van der Waals surface area (Å²) in [5.74, 6) is -0.0885. The molecule has 5 nitrogen and oxygen atoms in total. The summed E-state index contributed by atoms with van der Waals surface area (Å²) in [6, 6.07) is 6.90. The van der Waals surface area contributed by atoms with Crippen LogP contribution in [-0.4, -0.2) is 37.6 Å². The summed E-state index contributed by atoms with van der Waals surface area (Å²) in [7, 11) is -2.94. The first-order chi connectivity index (χ1) is 9.43. The van der Waals surface area contributed by atoms with Crippen molar-refractivity contribution in [1.29, 1.82) is 0 Å². The molecule has 6 heteroatoms. The van der Waals surface area contributed by atoms with Crippen LogP contribution in [0.3, 0.4) is 0 Å². The van der Waals surface area contributed by atoms with E-state index < -0.39 is 15.8 Å². The van der Waals surface area contributed by atoms with Gasteiger partial charge in [-0.1, -0.05) is 19.1 Å². The Kier molecular flexibility index (Phi) is 6.24. The molecule has 0 fully saturated rings. The van der Waals surface area contributed by atoms with Crippen molar-refractivity contribution >= 4 is 21.9 Å². The summed E-state index contributed by atoms with van der Waals surface area (Å²) in [4.78, 5) is 10.4. The number of ether oxygens (including phenoxy) is 1. The van der Waals surface area contributed by atoms with Crippen LogP contribution in [0, 0.1) is 0 Å². The Morgan fingerprint density at radius 2 is 1.95 bits per heavy atom. The molecule has 0 heterocycles. The standard InChI is InChI=1S/C14H18O5S/c1-2-20(17,18)11-3-10-19-13-7-4-12(5-8-13)6-9-14(15)16/h4-9H,2-3,10-11H2,1H3,(H,15,16). The van der Waals surface area contributed by atoms with Crippen LogP contribution in [0.5, 0.6) is 5.75 Å². The Balaban J connectivity index is 2.41. The molecule has 0 aliphatic heterocycles. The number of benzene rings is 1. The van der Waals surface area contributed by atoms with Crippen LogP contribution in [-0.2, 0) is 14.6 Å². The van der Waals surface area contributed by atoms with Crippen molar-refractivity contribution in [3.05, 3.63) is 35.9 Å². The van der Waals surface area contributed by atoms with E-state index in [4.69, 9.17) is 9.84 Å². The van der Waals surface area contributed by atoms with Crippen LogP contribution in [0.2, 0.25) is 0 Å². The van der Waals surface area contributed by atoms with Gasteiger partial charge in [0.25, 0.3) is 0 Å². The summed E-state index contributed by atoms with van der Waals surface area (Å²) < 4.78 is 28.0. The summed E-state index contributed by atoms with van der Waals surface area (Å²) in [5, 5.41) is 8.50. The van der Waals surface area contributed by atoms with Crippen molar-refractivity contribution in [2.75, 3.05) is 18.1 Å². The van der Waals surface area contributed by atoms with Gasteiger partial charge in [-0.05, 0) is 30.2 Å². The number of carbonyl (C=O) groups is 1. The smallest absolute Gasteiger partial charge is 0.328 e. The van der Waals surface area contributed by atoms with E-state index in [1.54, 1.807) is 31.2 Å². The molecule has 0 unspecified atom stereocenters. The molecule has 20 heavy (non-hydrogen) atoms. The van der Waals surface area contributed by atoms with Crippen molar-refractivity contribution in [2.45, 2.75) is 13.3 Å². The highest BCUT2D eigenvalue weighted by Gasteiger charge is 2.06. The van der Waals surface area contributed by atoms with Crippen molar-refractivity contribution in [1.82, 2.24) is 0 Å². The number of hydrogen-bond donors (Lipinski definition) is 1. The number of sulfone groups is 1. The minimum Gasteiger partial charge on any atom is -0.494 e. The maximum Gasteiger partial charge on any atom is 0.328 e. The Hall–Kier alpha value is -1.82. The van der Waals surface area contributed by atoms with Crippen molar-refractivity contribution in [3.63, 3.8) is 0 Å². The second-order valence-electron chi connectivity index (χ2n) is 4.18. The number of rotatable bonds is 8. The van der Waals surface area contributed by atoms with E-state index in [9.17, 15) is 13.2 Å². The molecule has 0 spiro atoms. The van der Waals surface area contributed by atoms with Gasteiger partial charge in [-0.15, -0.1) is 0 Å². The molecule has 1 rings (SSSR count). The summed E-state index contributed by atoms with van der Waals surface area (Å²) in [5.41, 5.74) is 0.758. The first-order valence-electron chi connectivity index (χ1n) is 6.27. The normalized spacial score (nSPS) is 11.7. The van der Waals surface area contributed by atoms with Crippen LogP contribution in [0.4, 0.5) is 0 Å². The van der Waals surface area contributed by atoms with Gasteiger partial charge in [0.1, 0.15) is 15.6 Å². The molecule has 0 atom stereocenters. The van der Waals surface area contributed by atoms with Gasteiger partial charge in [0, 0.05) is 11.8 Å².